The van der Waals surface area contributed by atoms with Gasteiger partial charge in [0.15, 0.2) is 0 Å². The second-order valence-corrected chi connectivity index (χ2v) is 7.23. The van der Waals surface area contributed by atoms with Crippen molar-refractivity contribution >= 4 is 0 Å². The van der Waals surface area contributed by atoms with Crippen LogP contribution in [-0.4, -0.2) is 20.5 Å². The van der Waals surface area contributed by atoms with Gasteiger partial charge >= 0.3 is 0 Å². The van der Waals surface area contributed by atoms with E-state index in [0.717, 1.165) is 25.3 Å². The SMILES string of the molecule is CCn1cc(CC2(O)CCCCC2C2CCCCC2)cn1. The third-order valence-corrected chi connectivity index (χ3v) is 5.80. The highest BCUT2D eigenvalue weighted by molar-refractivity contribution is 5.11. The zero-order valence-corrected chi connectivity index (χ0v) is 13.4. The third kappa shape index (κ3) is 3.33. The minimum atomic E-state index is -0.484. The van der Waals surface area contributed by atoms with Crippen molar-refractivity contribution in [1.82, 2.24) is 9.78 Å². The van der Waals surface area contributed by atoms with Crippen LogP contribution >= 0.6 is 0 Å². The Kier molecular flexibility index (Phi) is 4.68. The van der Waals surface area contributed by atoms with Gasteiger partial charge in [-0.2, -0.15) is 5.10 Å². The minimum Gasteiger partial charge on any atom is -0.389 e. The lowest BCUT2D eigenvalue weighted by Crippen LogP contribution is -2.46. The van der Waals surface area contributed by atoms with Gasteiger partial charge < -0.3 is 5.11 Å². The van der Waals surface area contributed by atoms with E-state index in [2.05, 4.69) is 18.2 Å². The average Bonchev–Trinajstić information content (AvgIpc) is 2.95. The van der Waals surface area contributed by atoms with Gasteiger partial charge in [0.1, 0.15) is 0 Å². The molecule has 0 amide bonds. The lowest BCUT2D eigenvalue weighted by atomic mass is 9.64. The summed E-state index contributed by atoms with van der Waals surface area (Å²) in [5, 5.41) is 15.8. The highest BCUT2D eigenvalue weighted by Crippen LogP contribution is 2.45. The summed E-state index contributed by atoms with van der Waals surface area (Å²) in [5.41, 5.74) is 0.726. The van der Waals surface area contributed by atoms with Crippen LogP contribution in [-0.2, 0) is 13.0 Å². The van der Waals surface area contributed by atoms with Gasteiger partial charge in [-0.1, -0.05) is 44.9 Å². The molecule has 2 fully saturated rings. The summed E-state index contributed by atoms with van der Waals surface area (Å²) in [7, 11) is 0. The summed E-state index contributed by atoms with van der Waals surface area (Å²) in [6, 6.07) is 0. The number of hydrogen-bond donors (Lipinski definition) is 1. The van der Waals surface area contributed by atoms with E-state index in [4.69, 9.17) is 0 Å². The van der Waals surface area contributed by atoms with Crippen LogP contribution in [0.2, 0.25) is 0 Å². The molecule has 2 saturated carbocycles. The summed E-state index contributed by atoms with van der Waals surface area (Å²) >= 11 is 0. The Morgan fingerprint density at radius 2 is 1.95 bits per heavy atom. The van der Waals surface area contributed by atoms with Crippen molar-refractivity contribution in [3.05, 3.63) is 18.0 Å². The standard InChI is InChI=1S/C18H30N2O/c1-2-20-14-15(13-19-20)12-18(21)11-7-6-10-17(18)16-8-4-3-5-9-16/h13-14,16-17,21H,2-12H2,1H3. The Bertz CT molecular complexity index is 450. The van der Waals surface area contributed by atoms with Crippen LogP contribution in [0.4, 0.5) is 0 Å². The zero-order valence-electron chi connectivity index (χ0n) is 13.4. The third-order valence-electron chi connectivity index (χ3n) is 5.80. The van der Waals surface area contributed by atoms with Gasteiger partial charge in [0, 0.05) is 19.2 Å². The highest BCUT2D eigenvalue weighted by atomic mass is 16.3. The van der Waals surface area contributed by atoms with Crippen molar-refractivity contribution in [2.75, 3.05) is 0 Å². The van der Waals surface area contributed by atoms with Crippen LogP contribution in [0.3, 0.4) is 0 Å². The van der Waals surface area contributed by atoms with Gasteiger partial charge in [0.2, 0.25) is 0 Å². The van der Waals surface area contributed by atoms with Crippen LogP contribution in [0, 0.1) is 11.8 Å². The fraction of sp³-hybridized carbons (Fsp3) is 0.833. The molecule has 0 spiro atoms. The average molecular weight is 290 g/mol. The quantitative estimate of drug-likeness (QED) is 0.912. The maximum absolute atomic E-state index is 11.4. The first-order valence-corrected chi connectivity index (χ1v) is 8.95. The summed E-state index contributed by atoms with van der Waals surface area (Å²) < 4.78 is 1.97. The molecule has 118 valence electrons. The van der Waals surface area contributed by atoms with E-state index in [0.29, 0.717) is 5.92 Å². The highest BCUT2D eigenvalue weighted by Gasteiger charge is 2.43. The monoisotopic (exact) mass is 290 g/mol. The number of aliphatic hydroxyl groups is 1. The zero-order chi connectivity index (χ0) is 14.7. The van der Waals surface area contributed by atoms with E-state index >= 15 is 0 Å². The molecule has 1 aromatic heterocycles. The van der Waals surface area contributed by atoms with Gasteiger partial charge in [0.25, 0.3) is 0 Å². The molecule has 21 heavy (non-hydrogen) atoms. The lowest BCUT2D eigenvalue weighted by molar-refractivity contribution is -0.0766. The minimum absolute atomic E-state index is 0.484. The summed E-state index contributed by atoms with van der Waals surface area (Å²) in [6.45, 7) is 3.02. The smallest absolute Gasteiger partial charge is 0.0719 e. The van der Waals surface area contributed by atoms with Crippen molar-refractivity contribution < 1.29 is 5.11 Å². The van der Waals surface area contributed by atoms with Gasteiger partial charge in [-0.15, -0.1) is 0 Å². The molecule has 1 N–H and O–H groups in total. The predicted octanol–water partition coefficient (Wildman–Crippen LogP) is 3.95. The molecule has 2 aliphatic rings. The van der Waals surface area contributed by atoms with Crippen LogP contribution in [0.25, 0.3) is 0 Å². The Balaban J connectivity index is 1.74. The first-order chi connectivity index (χ1) is 10.2. The van der Waals surface area contributed by atoms with Crippen molar-refractivity contribution in [2.24, 2.45) is 11.8 Å². The van der Waals surface area contributed by atoms with Crippen molar-refractivity contribution in [3.8, 4) is 0 Å². The summed E-state index contributed by atoms with van der Waals surface area (Å²) in [5.74, 6) is 1.27. The molecule has 3 rings (SSSR count). The van der Waals surface area contributed by atoms with Crippen molar-refractivity contribution in [1.29, 1.82) is 0 Å². The Labute approximate surface area is 128 Å². The summed E-state index contributed by atoms with van der Waals surface area (Å²) in [6.07, 6.45) is 16.4. The Morgan fingerprint density at radius 1 is 1.19 bits per heavy atom. The number of hydrogen-bond acceptors (Lipinski definition) is 2. The van der Waals surface area contributed by atoms with Gasteiger partial charge in [0.05, 0.1) is 11.8 Å². The van der Waals surface area contributed by atoms with Crippen molar-refractivity contribution in [2.45, 2.75) is 83.3 Å². The molecule has 0 aliphatic heterocycles. The van der Waals surface area contributed by atoms with Crippen molar-refractivity contribution in [3.63, 3.8) is 0 Å². The van der Waals surface area contributed by atoms with Gasteiger partial charge in [-0.25, -0.2) is 0 Å². The van der Waals surface area contributed by atoms with E-state index < -0.39 is 5.60 Å². The predicted molar refractivity (Wildman–Crippen MR) is 85.1 cm³/mol. The second-order valence-electron chi connectivity index (χ2n) is 7.23. The molecule has 0 radical (unpaired) electrons. The molecule has 2 aliphatic carbocycles. The van der Waals surface area contributed by atoms with E-state index in [1.54, 1.807) is 0 Å². The number of aromatic nitrogens is 2. The normalized spacial score (nSPS) is 31.4. The molecule has 3 nitrogen and oxygen atoms in total. The molecular weight excluding hydrogens is 260 g/mol. The fourth-order valence-electron chi connectivity index (χ4n) is 4.70. The molecule has 2 unspecified atom stereocenters. The molecule has 1 aromatic rings. The molecule has 0 bridgehead atoms. The molecule has 1 heterocycles. The van der Waals surface area contributed by atoms with E-state index in [1.807, 2.05) is 10.9 Å². The fourth-order valence-corrected chi connectivity index (χ4v) is 4.70. The molecule has 2 atom stereocenters. The maximum atomic E-state index is 11.4. The van der Waals surface area contributed by atoms with Crippen LogP contribution < -0.4 is 0 Å². The van der Waals surface area contributed by atoms with Crippen LogP contribution in [0.1, 0.15) is 70.3 Å². The first kappa shape index (κ1) is 15.1. The molecular formula is C18H30N2O. The Morgan fingerprint density at radius 3 is 2.67 bits per heavy atom. The number of nitrogens with zero attached hydrogens (tertiary/aromatic N) is 2. The molecule has 0 saturated heterocycles. The summed E-state index contributed by atoms with van der Waals surface area (Å²) in [4.78, 5) is 0. The Hall–Kier alpha value is -0.830. The molecule has 0 aromatic carbocycles. The number of rotatable bonds is 4. The van der Waals surface area contributed by atoms with E-state index in [9.17, 15) is 5.11 Å². The lowest BCUT2D eigenvalue weighted by Gasteiger charge is -2.45. The van der Waals surface area contributed by atoms with Crippen LogP contribution in [0.15, 0.2) is 12.4 Å². The molecule has 3 heteroatoms. The van der Waals surface area contributed by atoms with Crippen LogP contribution in [0.5, 0.6) is 0 Å². The number of aryl methyl sites for hydroxylation is 1. The van der Waals surface area contributed by atoms with Gasteiger partial charge in [-0.05, 0) is 37.2 Å². The first-order valence-electron chi connectivity index (χ1n) is 8.95. The van der Waals surface area contributed by atoms with E-state index in [1.165, 1.54) is 56.9 Å². The van der Waals surface area contributed by atoms with Gasteiger partial charge in [-0.3, -0.25) is 4.68 Å². The van der Waals surface area contributed by atoms with E-state index in [-0.39, 0.29) is 0 Å². The second kappa shape index (κ2) is 6.51. The maximum Gasteiger partial charge on any atom is 0.0719 e. The largest absolute Gasteiger partial charge is 0.389 e. The topological polar surface area (TPSA) is 38.0 Å².